The number of allylic oxidation sites excluding steroid dienone is 3. The minimum atomic E-state index is -0.485. The molecule has 1 fully saturated rings. The molecule has 1 aromatic carbocycles. The Morgan fingerprint density at radius 3 is 2.75 bits per heavy atom. The van der Waals surface area contributed by atoms with Crippen molar-refractivity contribution >= 4 is 11.8 Å². The highest BCUT2D eigenvalue weighted by Crippen LogP contribution is 2.42. The van der Waals surface area contributed by atoms with Gasteiger partial charge in [-0.05, 0) is 50.3 Å². The third kappa shape index (κ3) is 3.56. The van der Waals surface area contributed by atoms with Gasteiger partial charge in [0.15, 0.2) is 5.78 Å². The van der Waals surface area contributed by atoms with Gasteiger partial charge < -0.3 is 19.9 Å². The Morgan fingerprint density at radius 1 is 1.25 bits per heavy atom. The lowest BCUT2D eigenvalue weighted by Gasteiger charge is -2.34. The third-order valence-electron chi connectivity index (χ3n) is 5.65. The number of hydrogen-bond acceptors (Lipinski definition) is 6. The van der Waals surface area contributed by atoms with Gasteiger partial charge in [0, 0.05) is 35.9 Å². The zero-order chi connectivity index (χ0) is 19.7. The van der Waals surface area contributed by atoms with Gasteiger partial charge in [-0.1, -0.05) is 12.1 Å². The van der Waals surface area contributed by atoms with E-state index in [1.807, 2.05) is 6.92 Å². The van der Waals surface area contributed by atoms with Crippen molar-refractivity contribution in [1.82, 2.24) is 5.32 Å². The molecular weight excluding hydrogens is 358 g/mol. The van der Waals surface area contributed by atoms with Gasteiger partial charge in [-0.2, -0.15) is 0 Å². The van der Waals surface area contributed by atoms with Crippen LogP contribution in [0.1, 0.15) is 50.5 Å². The van der Waals surface area contributed by atoms with Crippen molar-refractivity contribution in [2.45, 2.75) is 51.0 Å². The largest absolute Gasteiger partial charge is 0.508 e. The second-order valence-electron chi connectivity index (χ2n) is 7.59. The highest BCUT2D eigenvalue weighted by atomic mass is 16.6. The molecule has 2 aliphatic heterocycles. The van der Waals surface area contributed by atoms with E-state index in [4.69, 9.17) is 9.47 Å². The van der Waals surface area contributed by atoms with E-state index in [-0.39, 0.29) is 24.2 Å². The smallest absolute Gasteiger partial charge is 0.336 e. The molecule has 0 radical (unpaired) electrons. The fraction of sp³-hybridized carbons (Fsp3) is 0.455. The molecule has 0 amide bonds. The molecule has 0 bridgehead atoms. The standard InChI is InChI=1S/C22H25NO5/c1-13-19(22(26)28-12-16-4-3-11-27-16)20(14-7-9-15(24)10-8-14)21-17(23-13)5-2-6-18(21)25/h7-10,16,20,23-24H,2-6,11-12H2,1H3/t16-,20+/m0/s1. The second-order valence-corrected chi connectivity index (χ2v) is 7.59. The van der Waals surface area contributed by atoms with Crippen LogP contribution in [0.5, 0.6) is 5.75 Å². The van der Waals surface area contributed by atoms with Crippen molar-refractivity contribution in [2.75, 3.05) is 13.2 Å². The summed E-state index contributed by atoms with van der Waals surface area (Å²) in [6.07, 6.45) is 3.88. The molecule has 2 atom stereocenters. The van der Waals surface area contributed by atoms with Crippen molar-refractivity contribution in [3.05, 3.63) is 52.4 Å². The summed E-state index contributed by atoms with van der Waals surface area (Å²) in [5.41, 5.74) is 3.50. The molecule has 0 spiro atoms. The van der Waals surface area contributed by atoms with Crippen LogP contribution < -0.4 is 5.32 Å². The number of benzene rings is 1. The molecule has 1 aromatic rings. The summed E-state index contributed by atoms with van der Waals surface area (Å²) in [5, 5.41) is 12.9. The van der Waals surface area contributed by atoms with Crippen LogP contribution in [-0.4, -0.2) is 36.2 Å². The Kier molecular flexibility index (Phi) is 5.22. The van der Waals surface area contributed by atoms with Gasteiger partial charge in [0.25, 0.3) is 0 Å². The van der Waals surface area contributed by atoms with E-state index in [2.05, 4.69) is 5.32 Å². The average molecular weight is 383 g/mol. The number of esters is 1. The molecule has 6 nitrogen and oxygen atoms in total. The van der Waals surface area contributed by atoms with E-state index in [0.717, 1.165) is 36.9 Å². The molecule has 148 valence electrons. The maximum Gasteiger partial charge on any atom is 0.336 e. The Bertz CT molecular complexity index is 846. The lowest BCUT2D eigenvalue weighted by atomic mass is 9.75. The lowest BCUT2D eigenvalue weighted by molar-refractivity contribution is -0.142. The Labute approximate surface area is 164 Å². The third-order valence-corrected chi connectivity index (χ3v) is 5.65. The molecule has 0 aromatic heterocycles. The SMILES string of the molecule is CC1=C(C(=O)OC[C@@H]2CCCO2)[C@@H](c2ccc(O)cc2)C2=C(CCCC2=O)N1. The number of Topliss-reactive ketones (excluding diaryl/α,β-unsaturated/α-hetero) is 1. The number of nitrogens with one attached hydrogen (secondary N) is 1. The quantitative estimate of drug-likeness (QED) is 0.778. The Morgan fingerprint density at radius 2 is 2.04 bits per heavy atom. The molecule has 28 heavy (non-hydrogen) atoms. The van der Waals surface area contributed by atoms with Crippen LogP contribution in [0.3, 0.4) is 0 Å². The molecule has 0 saturated carbocycles. The number of hydrogen-bond donors (Lipinski definition) is 2. The first-order valence-electron chi connectivity index (χ1n) is 9.86. The number of phenolic OH excluding ortho intramolecular Hbond substituents is 1. The van der Waals surface area contributed by atoms with Gasteiger partial charge in [-0.15, -0.1) is 0 Å². The summed E-state index contributed by atoms with van der Waals surface area (Å²) in [5.74, 6) is -0.709. The van der Waals surface area contributed by atoms with Crippen molar-refractivity contribution in [3.63, 3.8) is 0 Å². The number of ketones is 1. The summed E-state index contributed by atoms with van der Waals surface area (Å²) in [6, 6.07) is 6.68. The van der Waals surface area contributed by atoms with Gasteiger partial charge in [0.1, 0.15) is 12.4 Å². The first-order chi connectivity index (χ1) is 13.5. The summed E-state index contributed by atoms with van der Waals surface area (Å²) in [4.78, 5) is 25.8. The van der Waals surface area contributed by atoms with Crippen LogP contribution in [0.4, 0.5) is 0 Å². The minimum Gasteiger partial charge on any atom is -0.508 e. The fourth-order valence-corrected chi connectivity index (χ4v) is 4.28. The van der Waals surface area contributed by atoms with Crippen molar-refractivity contribution < 1.29 is 24.2 Å². The first kappa shape index (κ1) is 18.7. The maximum atomic E-state index is 13.0. The van der Waals surface area contributed by atoms with Gasteiger partial charge in [-0.25, -0.2) is 4.79 Å². The summed E-state index contributed by atoms with van der Waals surface area (Å²) in [6.45, 7) is 2.77. The summed E-state index contributed by atoms with van der Waals surface area (Å²) in [7, 11) is 0. The summed E-state index contributed by atoms with van der Waals surface area (Å²) < 4.78 is 11.1. The molecule has 6 heteroatoms. The van der Waals surface area contributed by atoms with Crippen molar-refractivity contribution in [3.8, 4) is 5.75 Å². The Hall–Kier alpha value is -2.60. The van der Waals surface area contributed by atoms with Gasteiger partial charge in [0.05, 0.1) is 11.7 Å². The molecule has 2 N–H and O–H groups in total. The number of phenols is 1. The molecule has 2 heterocycles. The average Bonchev–Trinajstić information content (AvgIpc) is 3.19. The molecule has 3 aliphatic rings. The molecule has 1 saturated heterocycles. The number of carbonyl (C=O) groups excluding carboxylic acids is 2. The Balaban J connectivity index is 1.68. The lowest BCUT2D eigenvalue weighted by Crippen LogP contribution is -2.35. The van der Waals surface area contributed by atoms with E-state index in [1.54, 1.807) is 24.3 Å². The normalized spacial score (nSPS) is 24.8. The number of dihydropyridines is 1. The van der Waals surface area contributed by atoms with Gasteiger partial charge in [-0.3, -0.25) is 4.79 Å². The van der Waals surface area contributed by atoms with Crippen LogP contribution in [0.2, 0.25) is 0 Å². The number of aromatic hydroxyl groups is 1. The van der Waals surface area contributed by atoms with E-state index < -0.39 is 11.9 Å². The number of carbonyl (C=O) groups is 2. The predicted molar refractivity (Wildman–Crippen MR) is 103 cm³/mol. The van der Waals surface area contributed by atoms with Crippen LogP contribution in [-0.2, 0) is 19.1 Å². The van der Waals surface area contributed by atoms with E-state index in [0.29, 0.717) is 29.9 Å². The number of ether oxygens (including phenoxy) is 2. The zero-order valence-corrected chi connectivity index (χ0v) is 16.0. The van der Waals surface area contributed by atoms with Crippen LogP contribution in [0.25, 0.3) is 0 Å². The minimum absolute atomic E-state index is 0.0559. The predicted octanol–water partition coefficient (Wildman–Crippen LogP) is 3.08. The van der Waals surface area contributed by atoms with Crippen LogP contribution in [0.15, 0.2) is 46.8 Å². The molecule has 1 aliphatic carbocycles. The highest BCUT2D eigenvalue weighted by Gasteiger charge is 2.39. The van der Waals surface area contributed by atoms with Crippen LogP contribution >= 0.6 is 0 Å². The second kappa shape index (κ2) is 7.80. The van der Waals surface area contributed by atoms with E-state index in [9.17, 15) is 14.7 Å². The summed E-state index contributed by atoms with van der Waals surface area (Å²) >= 11 is 0. The molecule has 4 rings (SSSR count). The van der Waals surface area contributed by atoms with Gasteiger partial charge >= 0.3 is 5.97 Å². The molecular formula is C22H25NO5. The topological polar surface area (TPSA) is 84.9 Å². The van der Waals surface area contributed by atoms with Crippen molar-refractivity contribution in [1.29, 1.82) is 0 Å². The maximum absolute atomic E-state index is 13.0. The van der Waals surface area contributed by atoms with E-state index in [1.165, 1.54) is 0 Å². The van der Waals surface area contributed by atoms with Crippen LogP contribution in [0, 0.1) is 0 Å². The highest BCUT2D eigenvalue weighted by molar-refractivity contribution is 6.03. The van der Waals surface area contributed by atoms with Gasteiger partial charge in [0.2, 0.25) is 0 Å². The number of rotatable bonds is 4. The fourth-order valence-electron chi connectivity index (χ4n) is 4.28. The first-order valence-corrected chi connectivity index (χ1v) is 9.86. The van der Waals surface area contributed by atoms with Crippen molar-refractivity contribution in [2.24, 2.45) is 0 Å². The zero-order valence-electron chi connectivity index (χ0n) is 16.0. The van der Waals surface area contributed by atoms with E-state index >= 15 is 0 Å². The monoisotopic (exact) mass is 383 g/mol. The molecule has 0 unspecified atom stereocenters.